The highest BCUT2D eigenvalue weighted by Crippen LogP contribution is 2.29. The number of hydrogen-bond donors (Lipinski definition) is 1. The maximum absolute atomic E-state index is 11.1. The lowest BCUT2D eigenvalue weighted by Gasteiger charge is -2.21. The lowest BCUT2D eigenvalue weighted by molar-refractivity contribution is 0.0696. The smallest absolute Gasteiger partial charge is 0.335 e. The lowest BCUT2D eigenvalue weighted by atomic mass is 10.2. The highest BCUT2D eigenvalue weighted by molar-refractivity contribution is 7.99. The molecule has 1 aliphatic rings. The number of carboxylic acids is 1. The fraction of sp³-hybridized carbons (Fsp3) is 0.571. The fourth-order valence-electron chi connectivity index (χ4n) is 2.09. The average molecular weight is 281 g/mol. The van der Waals surface area contributed by atoms with Crippen LogP contribution in [0.4, 0.5) is 0 Å². The van der Waals surface area contributed by atoms with Gasteiger partial charge < -0.3 is 9.84 Å². The van der Waals surface area contributed by atoms with E-state index in [1.165, 1.54) is 0 Å². The summed E-state index contributed by atoms with van der Waals surface area (Å²) in [6.45, 7) is 3.65. The molecule has 0 saturated carbocycles. The van der Waals surface area contributed by atoms with Crippen molar-refractivity contribution >= 4 is 17.7 Å². The number of carboxylic acid groups (broad SMARTS) is 1. The zero-order chi connectivity index (χ0) is 13.7. The molecule has 4 nitrogen and oxygen atoms in total. The van der Waals surface area contributed by atoms with E-state index < -0.39 is 5.97 Å². The van der Waals surface area contributed by atoms with E-state index in [0.717, 1.165) is 49.6 Å². The molecule has 1 aromatic rings. The Bertz CT molecular complexity index is 444. The van der Waals surface area contributed by atoms with Crippen LogP contribution in [0.2, 0.25) is 0 Å². The molecule has 1 saturated heterocycles. The molecule has 0 atom stereocenters. The van der Waals surface area contributed by atoms with E-state index >= 15 is 0 Å². The number of aromatic carboxylic acids is 1. The predicted octanol–water partition coefficient (Wildman–Crippen LogP) is 3.00. The van der Waals surface area contributed by atoms with Crippen molar-refractivity contribution in [3.8, 4) is 0 Å². The van der Waals surface area contributed by atoms with Gasteiger partial charge in [0.2, 0.25) is 0 Å². The minimum absolute atomic E-state index is 0.341. The minimum Gasteiger partial charge on any atom is -0.478 e. The predicted molar refractivity (Wildman–Crippen MR) is 74.9 cm³/mol. The van der Waals surface area contributed by atoms with Crippen molar-refractivity contribution in [2.24, 2.45) is 0 Å². The van der Waals surface area contributed by atoms with Crippen LogP contribution in [0.1, 0.15) is 42.2 Å². The number of thioether (sulfide) groups is 1. The van der Waals surface area contributed by atoms with Crippen LogP contribution in [0.15, 0.2) is 17.2 Å². The monoisotopic (exact) mass is 281 g/mol. The second kappa shape index (κ2) is 6.91. The van der Waals surface area contributed by atoms with Crippen LogP contribution in [0.5, 0.6) is 0 Å². The SMILES string of the molecule is CCCc1cc(C(=O)O)cc(SC2CCOCC2)n1. The van der Waals surface area contributed by atoms with Crippen molar-refractivity contribution in [3.05, 3.63) is 23.4 Å². The third-order valence-corrected chi connectivity index (χ3v) is 4.32. The first-order chi connectivity index (χ1) is 9.19. The van der Waals surface area contributed by atoms with Crippen LogP contribution < -0.4 is 0 Å². The molecule has 0 bridgehead atoms. The van der Waals surface area contributed by atoms with Crippen LogP contribution in [-0.4, -0.2) is 34.5 Å². The minimum atomic E-state index is -0.881. The molecule has 2 heterocycles. The van der Waals surface area contributed by atoms with Gasteiger partial charge in [0.25, 0.3) is 0 Å². The van der Waals surface area contributed by atoms with E-state index in [0.29, 0.717) is 10.8 Å². The molecule has 1 fully saturated rings. The second-order valence-corrected chi connectivity index (χ2v) is 5.99. The Morgan fingerprint density at radius 1 is 1.47 bits per heavy atom. The molecular weight excluding hydrogens is 262 g/mol. The van der Waals surface area contributed by atoms with Crippen molar-refractivity contribution in [3.63, 3.8) is 0 Å². The van der Waals surface area contributed by atoms with Gasteiger partial charge in [0.15, 0.2) is 0 Å². The van der Waals surface area contributed by atoms with Crippen LogP contribution in [0.3, 0.4) is 0 Å². The first-order valence-corrected chi connectivity index (χ1v) is 7.55. The third-order valence-electron chi connectivity index (χ3n) is 3.06. The molecule has 1 aliphatic heterocycles. The Kier molecular flexibility index (Phi) is 5.22. The summed E-state index contributed by atoms with van der Waals surface area (Å²) in [7, 11) is 0. The van der Waals surface area contributed by atoms with Gasteiger partial charge in [-0.1, -0.05) is 13.3 Å². The van der Waals surface area contributed by atoms with Crippen LogP contribution in [0.25, 0.3) is 0 Å². The summed E-state index contributed by atoms with van der Waals surface area (Å²) in [5.74, 6) is -0.881. The van der Waals surface area contributed by atoms with E-state index in [4.69, 9.17) is 9.84 Å². The van der Waals surface area contributed by atoms with Crippen molar-refractivity contribution in [1.29, 1.82) is 0 Å². The van der Waals surface area contributed by atoms with Crippen LogP contribution in [-0.2, 0) is 11.2 Å². The van der Waals surface area contributed by atoms with Gasteiger partial charge in [-0.15, -0.1) is 11.8 Å². The largest absolute Gasteiger partial charge is 0.478 e. The van der Waals surface area contributed by atoms with Crippen molar-refractivity contribution in [2.45, 2.75) is 42.9 Å². The summed E-state index contributed by atoms with van der Waals surface area (Å²) < 4.78 is 5.33. The molecule has 0 aromatic carbocycles. The maximum Gasteiger partial charge on any atom is 0.335 e. The summed E-state index contributed by atoms with van der Waals surface area (Å²) >= 11 is 1.68. The molecule has 1 aromatic heterocycles. The van der Waals surface area contributed by atoms with Gasteiger partial charge >= 0.3 is 5.97 Å². The molecule has 5 heteroatoms. The topological polar surface area (TPSA) is 59.4 Å². The Morgan fingerprint density at radius 2 is 2.21 bits per heavy atom. The molecule has 104 valence electrons. The van der Waals surface area contributed by atoms with Gasteiger partial charge in [-0.3, -0.25) is 0 Å². The summed E-state index contributed by atoms with van der Waals surface area (Å²) in [5.41, 5.74) is 1.21. The standard InChI is InChI=1S/C14H19NO3S/c1-2-3-11-8-10(14(16)17)9-13(15-11)19-12-4-6-18-7-5-12/h8-9,12H,2-7H2,1H3,(H,16,17). The number of aromatic nitrogens is 1. The molecule has 1 N–H and O–H groups in total. The highest BCUT2D eigenvalue weighted by atomic mass is 32.2. The summed E-state index contributed by atoms with van der Waals surface area (Å²) in [4.78, 5) is 15.7. The van der Waals surface area contributed by atoms with E-state index in [1.54, 1.807) is 23.9 Å². The van der Waals surface area contributed by atoms with Gasteiger partial charge in [0.1, 0.15) is 0 Å². The van der Waals surface area contributed by atoms with Gasteiger partial charge in [0, 0.05) is 24.2 Å². The second-order valence-electron chi connectivity index (χ2n) is 4.67. The Hall–Kier alpha value is -1.07. The Balaban J connectivity index is 2.15. The number of carbonyl (C=O) groups is 1. The van der Waals surface area contributed by atoms with Crippen LogP contribution >= 0.6 is 11.8 Å². The lowest BCUT2D eigenvalue weighted by Crippen LogP contribution is -2.17. The van der Waals surface area contributed by atoms with Crippen LogP contribution in [0, 0.1) is 0 Å². The molecular formula is C14H19NO3S. The molecule has 0 aliphatic carbocycles. The van der Waals surface area contributed by atoms with Gasteiger partial charge in [-0.05, 0) is 31.4 Å². The first kappa shape index (κ1) is 14.3. The Morgan fingerprint density at radius 3 is 2.84 bits per heavy atom. The number of ether oxygens (including phenoxy) is 1. The number of pyridine rings is 1. The number of aryl methyl sites for hydroxylation is 1. The molecule has 2 rings (SSSR count). The van der Waals surface area contributed by atoms with E-state index in [-0.39, 0.29) is 0 Å². The van der Waals surface area contributed by atoms with Gasteiger partial charge in [-0.2, -0.15) is 0 Å². The summed E-state index contributed by atoms with van der Waals surface area (Å²) in [5, 5.41) is 10.5. The average Bonchev–Trinajstić information content (AvgIpc) is 2.40. The quantitative estimate of drug-likeness (QED) is 0.899. The molecule has 0 radical (unpaired) electrons. The molecule has 19 heavy (non-hydrogen) atoms. The maximum atomic E-state index is 11.1. The van der Waals surface area contributed by atoms with Crippen molar-refractivity contribution in [2.75, 3.05) is 13.2 Å². The van der Waals surface area contributed by atoms with E-state index in [2.05, 4.69) is 11.9 Å². The highest BCUT2D eigenvalue weighted by Gasteiger charge is 2.17. The molecule has 0 amide bonds. The van der Waals surface area contributed by atoms with Crippen molar-refractivity contribution < 1.29 is 14.6 Å². The number of rotatable bonds is 5. The van der Waals surface area contributed by atoms with Gasteiger partial charge in [0.05, 0.1) is 10.6 Å². The zero-order valence-corrected chi connectivity index (χ0v) is 11.9. The normalized spacial score (nSPS) is 16.5. The molecule has 0 spiro atoms. The number of hydrogen-bond acceptors (Lipinski definition) is 4. The third kappa shape index (κ3) is 4.21. The van der Waals surface area contributed by atoms with Crippen molar-refractivity contribution in [1.82, 2.24) is 4.98 Å². The van der Waals surface area contributed by atoms with Gasteiger partial charge in [-0.25, -0.2) is 9.78 Å². The Labute approximate surface area is 117 Å². The fourth-order valence-corrected chi connectivity index (χ4v) is 3.23. The molecule has 0 unspecified atom stereocenters. The first-order valence-electron chi connectivity index (χ1n) is 6.67. The van der Waals surface area contributed by atoms with E-state index in [1.807, 2.05) is 0 Å². The van der Waals surface area contributed by atoms with E-state index in [9.17, 15) is 4.79 Å². The number of nitrogens with zero attached hydrogens (tertiary/aromatic N) is 1. The summed E-state index contributed by atoms with van der Waals surface area (Å²) in [6, 6.07) is 3.36. The summed E-state index contributed by atoms with van der Waals surface area (Å²) in [6.07, 6.45) is 3.80. The zero-order valence-electron chi connectivity index (χ0n) is 11.1.